The van der Waals surface area contributed by atoms with Crippen LogP contribution in [0.3, 0.4) is 0 Å². The zero-order chi connectivity index (χ0) is 24.0. The fraction of sp³-hybridized carbons (Fsp3) is 0.318. The Morgan fingerprint density at radius 3 is 2.53 bits per heavy atom. The fourth-order valence-corrected chi connectivity index (χ4v) is 4.14. The van der Waals surface area contributed by atoms with Gasteiger partial charge < -0.3 is 9.80 Å². The smallest absolute Gasteiger partial charge is 0.353 e. The topological polar surface area (TPSA) is 84.5 Å². The van der Waals surface area contributed by atoms with Gasteiger partial charge in [-0.1, -0.05) is 6.07 Å². The molecular weight excluding hydrogens is 449 g/mol. The standard InChI is InChI=1S/C22H21F3N8O/c1-14-10-19(33-21(29-14)26-13-28-33)30-6-8-31(9-7-30)20(34)18-12-27-32(15(18)2)17-5-3-4-16(11-17)22(23,24)25/h3-5,10-13H,6-9H2,1-2H3. The summed E-state index contributed by atoms with van der Waals surface area (Å²) >= 11 is 0. The zero-order valence-electron chi connectivity index (χ0n) is 18.5. The summed E-state index contributed by atoms with van der Waals surface area (Å²) in [7, 11) is 0. The number of anilines is 1. The van der Waals surface area contributed by atoms with Gasteiger partial charge in [-0.25, -0.2) is 9.67 Å². The molecule has 1 aliphatic heterocycles. The predicted molar refractivity (Wildman–Crippen MR) is 117 cm³/mol. The van der Waals surface area contributed by atoms with E-state index < -0.39 is 11.7 Å². The fourth-order valence-electron chi connectivity index (χ4n) is 4.14. The number of carbonyl (C=O) groups excluding carboxylic acids is 1. The van der Waals surface area contributed by atoms with Crippen LogP contribution >= 0.6 is 0 Å². The van der Waals surface area contributed by atoms with E-state index in [9.17, 15) is 18.0 Å². The van der Waals surface area contributed by atoms with E-state index in [2.05, 4.69) is 25.1 Å². The minimum atomic E-state index is -4.46. The van der Waals surface area contributed by atoms with Crippen LogP contribution in [-0.2, 0) is 6.18 Å². The van der Waals surface area contributed by atoms with Crippen molar-refractivity contribution in [1.82, 2.24) is 34.3 Å². The van der Waals surface area contributed by atoms with Crippen LogP contribution in [0.4, 0.5) is 19.0 Å². The summed E-state index contributed by atoms with van der Waals surface area (Å²) in [5, 5.41) is 8.43. The molecule has 1 fully saturated rings. The monoisotopic (exact) mass is 470 g/mol. The average molecular weight is 470 g/mol. The van der Waals surface area contributed by atoms with Crippen molar-refractivity contribution in [2.45, 2.75) is 20.0 Å². The Morgan fingerprint density at radius 1 is 1.03 bits per heavy atom. The lowest BCUT2D eigenvalue weighted by molar-refractivity contribution is -0.137. The number of amides is 1. The van der Waals surface area contributed by atoms with E-state index in [4.69, 9.17) is 0 Å². The minimum Gasteiger partial charge on any atom is -0.353 e. The number of aromatic nitrogens is 6. The Labute approximate surface area is 192 Å². The van der Waals surface area contributed by atoms with Gasteiger partial charge in [-0.2, -0.15) is 32.9 Å². The molecule has 0 radical (unpaired) electrons. The van der Waals surface area contributed by atoms with E-state index in [1.54, 1.807) is 16.3 Å². The Morgan fingerprint density at radius 2 is 1.79 bits per heavy atom. The molecule has 5 rings (SSSR count). The van der Waals surface area contributed by atoms with Crippen LogP contribution in [0.2, 0.25) is 0 Å². The van der Waals surface area contributed by atoms with E-state index in [1.165, 1.54) is 29.3 Å². The lowest BCUT2D eigenvalue weighted by Crippen LogP contribution is -2.49. The molecular formula is C22H21F3N8O. The second-order valence-corrected chi connectivity index (χ2v) is 8.11. The average Bonchev–Trinajstić information content (AvgIpc) is 3.44. The van der Waals surface area contributed by atoms with Crippen molar-refractivity contribution in [3.8, 4) is 5.69 Å². The third kappa shape index (κ3) is 3.84. The quantitative estimate of drug-likeness (QED) is 0.458. The van der Waals surface area contributed by atoms with Gasteiger partial charge in [0.25, 0.3) is 11.7 Å². The van der Waals surface area contributed by atoms with E-state index in [0.717, 1.165) is 23.6 Å². The number of halogens is 3. The molecule has 0 atom stereocenters. The van der Waals surface area contributed by atoms with Crippen molar-refractivity contribution in [1.29, 1.82) is 0 Å². The van der Waals surface area contributed by atoms with E-state index in [1.807, 2.05) is 13.0 Å². The van der Waals surface area contributed by atoms with Gasteiger partial charge in [0.15, 0.2) is 0 Å². The van der Waals surface area contributed by atoms with Gasteiger partial charge in [0.2, 0.25) is 0 Å². The largest absolute Gasteiger partial charge is 0.416 e. The number of hydrogen-bond acceptors (Lipinski definition) is 6. The molecule has 9 nitrogen and oxygen atoms in total. The molecule has 0 aliphatic carbocycles. The summed E-state index contributed by atoms with van der Waals surface area (Å²) in [6.07, 6.45) is -1.59. The van der Waals surface area contributed by atoms with Gasteiger partial charge in [-0.15, -0.1) is 0 Å². The molecule has 0 bridgehead atoms. The number of rotatable bonds is 3. The molecule has 1 saturated heterocycles. The van der Waals surface area contributed by atoms with Crippen molar-refractivity contribution >= 4 is 17.5 Å². The van der Waals surface area contributed by atoms with Crippen LogP contribution in [0, 0.1) is 13.8 Å². The van der Waals surface area contributed by atoms with Gasteiger partial charge >= 0.3 is 6.18 Å². The molecule has 1 amide bonds. The van der Waals surface area contributed by atoms with Crippen molar-refractivity contribution in [2.75, 3.05) is 31.1 Å². The molecule has 4 heterocycles. The number of aryl methyl sites for hydroxylation is 1. The Hall–Kier alpha value is -3.96. The van der Waals surface area contributed by atoms with Gasteiger partial charge in [0.05, 0.1) is 28.7 Å². The molecule has 4 aromatic rings. The van der Waals surface area contributed by atoms with Gasteiger partial charge in [0.1, 0.15) is 12.1 Å². The van der Waals surface area contributed by atoms with Crippen LogP contribution < -0.4 is 4.90 Å². The van der Waals surface area contributed by atoms with E-state index >= 15 is 0 Å². The second-order valence-electron chi connectivity index (χ2n) is 8.11. The van der Waals surface area contributed by atoms with Gasteiger partial charge in [-0.3, -0.25) is 4.79 Å². The van der Waals surface area contributed by atoms with E-state index in [0.29, 0.717) is 43.2 Å². The van der Waals surface area contributed by atoms with Crippen LogP contribution in [0.1, 0.15) is 27.3 Å². The number of alkyl halides is 3. The van der Waals surface area contributed by atoms with Crippen LogP contribution in [0.15, 0.2) is 42.9 Å². The van der Waals surface area contributed by atoms with Crippen molar-refractivity contribution in [3.63, 3.8) is 0 Å². The summed E-state index contributed by atoms with van der Waals surface area (Å²) < 4.78 is 42.3. The van der Waals surface area contributed by atoms with E-state index in [-0.39, 0.29) is 11.6 Å². The molecule has 176 valence electrons. The summed E-state index contributed by atoms with van der Waals surface area (Å²) in [5.74, 6) is 1.18. The highest BCUT2D eigenvalue weighted by Crippen LogP contribution is 2.30. The normalized spacial score (nSPS) is 14.7. The number of nitrogens with zero attached hydrogens (tertiary/aromatic N) is 8. The molecule has 0 N–H and O–H groups in total. The van der Waals surface area contributed by atoms with Crippen molar-refractivity contribution in [3.05, 3.63) is 65.4 Å². The zero-order valence-corrected chi connectivity index (χ0v) is 18.5. The van der Waals surface area contributed by atoms with Gasteiger partial charge in [-0.05, 0) is 32.0 Å². The third-order valence-electron chi connectivity index (χ3n) is 5.91. The summed E-state index contributed by atoms with van der Waals surface area (Å²) in [6.45, 7) is 5.70. The van der Waals surface area contributed by atoms with Crippen LogP contribution in [0.5, 0.6) is 0 Å². The first-order valence-electron chi connectivity index (χ1n) is 10.7. The summed E-state index contributed by atoms with van der Waals surface area (Å²) in [6, 6.07) is 6.82. The lowest BCUT2D eigenvalue weighted by Gasteiger charge is -2.35. The summed E-state index contributed by atoms with van der Waals surface area (Å²) in [4.78, 5) is 25.6. The lowest BCUT2D eigenvalue weighted by atomic mass is 10.1. The molecule has 1 aromatic carbocycles. The summed E-state index contributed by atoms with van der Waals surface area (Å²) in [5.41, 5.74) is 1.16. The molecule has 34 heavy (non-hydrogen) atoms. The SMILES string of the molecule is Cc1cc(N2CCN(C(=O)c3cnn(-c4cccc(C(F)(F)F)c4)c3C)CC2)n2ncnc2n1. The number of hydrogen-bond donors (Lipinski definition) is 0. The molecule has 0 unspecified atom stereocenters. The molecule has 3 aromatic heterocycles. The first-order valence-corrected chi connectivity index (χ1v) is 10.7. The Balaban J connectivity index is 1.33. The van der Waals surface area contributed by atoms with Crippen molar-refractivity contribution in [2.24, 2.45) is 0 Å². The first-order chi connectivity index (χ1) is 16.2. The third-order valence-corrected chi connectivity index (χ3v) is 5.91. The number of fused-ring (bicyclic) bond motifs is 1. The second kappa shape index (κ2) is 8.12. The molecule has 0 spiro atoms. The van der Waals surface area contributed by atoms with Crippen LogP contribution in [0.25, 0.3) is 11.5 Å². The maximum Gasteiger partial charge on any atom is 0.416 e. The molecule has 0 saturated carbocycles. The highest BCUT2D eigenvalue weighted by Gasteiger charge is 2.31. The number of piperazine rings is 1. The predicted octanol–water partition coefficient (Wildman–Crippen LogP) is 2.91. The highest BCUT2D eigenvalue weighted by molar-refractivity contribution is 5.95. The minimum absolute atomic E-state index is 0.202. The van der Waals surface area contributed by atoms with Gasteiger partial charge in [0, 0.05) is 37.9 Å². The Kier molecular flexibility index (Phi) is 5.22. The molecule has 12 heteroatoms. The maximum atomic E-state index is 13.2. The number of benzene rings is 1. The van der Waals surface area contributed by atoms with Crippen LogP contribution in [-0.4, -0.2) is 66.3 Å². The Bertz CT molecular complexity index is 1370. The van der Waals surface area contributed by atoms with Crippen molar-refractivity contribution < 1.29 is 18.0 Å². The first kappa shape index (κ1) is 21.9. The highest BCUT2D eigenvalue weighted by atomic mass is 19.4. The molecule has 1 aliphatic rings. The maximum absolute atomic E-state index is 13.2. The number of carbonyl (C=O) groups is 1.